The van der Waals surface area contributed by atoms with E-state index in [9.17, 15) is 13.2 Å². The maximum Gasteiger partial charge on any atom is 0.259 e. The first-order chi connectivity index (χ1) is 13.2. The fourth-order valence-electron chi connectivity index (χ4n) is 2.64. The number of anilines is 1. The van der Waals surface area contributed by atoms with E-state index in [1.165, 1.54) is 23.5 Å². The maximum atomic E-state index is 12.7. The number of nitrogens with zero attached hydrogens (tertiary/aromatic N) is 1. The van der Waals surface area contributed by atoms with Crippen molar-refractivity contribution in [1.29, 1.82) is 0 Å². The molecule has 1 aliphatic rings. The molecule has 146 valence electrons. The number of hydrogen-bond acceptors (Lipinski definition) is 5. The molecule has 1 heterocycles. The average molecular weight is 456 g/mol. The molecule has 0 aliphatic heterocycles. The van der Waals surface area contributed by atoms with Crippen molar-refractivity contribution in [3.63, 3.8) is 0 Å². The van der Waals surface area contributed by atoms with E-state index in [4.69, 9.17) is 23.2 Å². The van der Waals surface area contributed by atoms with E-state index >= 15 is 0 Å². The molecule has 10 heteroatoms. The normalized spacial score (nSPS) is 14.4. The van der Waals surface area contributed by atoms with Crippen LogP contribution < -0.4 is 10.0 Å². The fraction of sp³-hybridized carbons (Fsp3) is 0.222. The van der Waals surface area contributed by atoms with Crippen LogP contribution in [-0.2, 0) is 10.0 Å². The number of nitrogens with one attached hydrogen (secondary N) is 2. The van der Waals surface area contributed by atoms with E-state index in [2.05, 4.69) is 15.0 Å². The molecule has 6 nitrogen and oxygen atoms in total. The summed E-state index contributed by atoms with van der Waals surface area (Å²) in [5, 5.41) is 3.11. The van der Waals surface area contributed by atoms with Gasteiger partial charge in [-0.3, -0.25) is 10.1 Å². The van der Waals surface area contributed by atoms with Crippen molar-refractivity contribution < 1.29 is 13.2 Å². The second kappa shape index (κ2) is 7.27. The Morgan fingerprint density at radius 2 is 1.93 bits per heavy atom. The lowest BCUT2D eigenvalue weighted by atomic mass is 10.2. The Labute approximate surface area is 175 Å². The van der Waals surface area contributed by atoms with Gasteiger partial charge in [0.05, 0.1) is 25.8 Å². The van der Waals surface area contributed by atoms with Gasteiger partial charge in [0.25, 0.3) is 5.91 Å². The highest BCUT2D eigenvalue weighted by Gasteiger charge is 2.30. The molecule has 4 rings (SSSR count). The molecule has 3 aromatic rings. The third kappa shape index (κ3) is 4.01. The minimum absolute atomic E-state index is 0.0117. The van der Waals surface area contributed by atoms with Crippen LogP contribution in [0.25, 0.3) is 10.2 Å². The summed E-state index contributed by atoms with van der Waals surface area (Å²) >= 11 is 13.6. The Balaban J connectivity index is 1.65. The van der Waals surface area contributed by atoms with Crippen LogP contribution in [0, 0.1) is 6.92 Å². The Bertz CT molecular complexity index is 1200. The number of aryl methyl sites for hydroxylation is 1. The molecule has 0 radical (unpaired) electrons. The minimum atomic E-state index is -3.83. The summed E-state index contributed by atoms with van der Waals surface area (Å²) in [6.45, 7) is 1.97. The fourth-order valence-corrected chi connectivity index (χ4v) is 5.77. The summed E-state index contributed by atoms with van der Waals surface area (Å²) in [7, 11) is -3.83. The summed E-state index contributed by atoms with van der Waals surface area (Å²) in [5.41, 5.74) is 1.87. The largest absolute Gasteiger partial charge is 0.298 e. The first kappa shape index (κ1) is 19.6. The highest BCUT2D eigenvalue weighted by Crippen LogP contribution is 2.32. The summed E-state index contributed by atoms with van der Waals surface area (Å²) in [6, 6.07) is 8.17. The Hall–Kier alpha value is -1.71. The van der Waals surface area contributed by atoms with E-state index in [0.29, 0.717) is 5.13 Å². The van der Waals surface area contributed by atoms with E-state index < -0.39 is 15.9 Å². The molecule has 1 amide bonds. The third-order valence-corrected chi connectivity index (χ3v) is 7.45. The van der Waals surface area contributed by atoms with Gasteiger partial charge in [-0.15, -0.1) is 0 Å². The molecule has 1 fully saturated rings. The highest BCUT2D eigenvalue weighted by atomic mass is 35.5. The van der Waals surface area contributed by atoms with Crippen molar-refractivity contribution >= 4 is 65.8 Å². The molecule has 0 bridgehead atoms. The molecule has 1 saturated carbocycles. The summed E-state index contributed by atoms with van der Waals surface area (Å²) in [5.74, 6) is -0.555. The average Bonchev–Trinajstić information content (AvgIpc) is 3.31. The number of aromatic nitrogens is 1. The molecular weight excluding hydrogens is 441 g/mol. The molecule has 28 heavy (non-hydrogen) atoms. The van der Waals surface area contributed by atoms with E-state index in [1.54, 1.807) is 0 Å². The number of rotatable bonds is 5. The van der Waals surface area contributed by atoms with Gasteiger partial charge in [-0.2, -0.15) is 0 Å². The molecule has 0 unspecified atom stereocenters. The Kier molecular flexibility index (Phi) is 5.09. The molecule has 2 aromatic carbocycles. The lowest BCUT2D eigenvalue weighted by Gasteiger charge is -2.11. The van der Waals surface area contributed by atoms with Gasteiger partial charge in [0.1, 0.15) is 4.90 Å². The second-order valence-electron chi connectivity index (χ2n) is 6.60. The van der Waals surface area contributed by atoms with Crippen LogP contribution in [0.5, 0.6) is 0 Å². The third-order valence-electron chi connectivity index (χ3n) is 4.22. The number of amides is 1. The summed E-state index contributed by atoms with van der Waals surface area (Å²) in [4.78, 5) is 16.9. The molecule has 0 atom stereocenters. The maximum absolute atomic E-state index is 12.7. The van der Waals surface area contributed by atoms with Crippen LogP contribution in [0.1, 0.15) is 28.8 Å². The minimum Gasteiger partial charge on any atom is -0.298 e. The van der Waals surface area contributed by atoms with Crippen molar-refractivity contribution in [3.8, 4) is 0 Å². The highest BCUT2D eigenvalue weighted by molar-refractivity contribution is 7.89. The standard InChI is InChI=1S/C18H15Cl2N3O3S2/c1-9-2-5-14-15(6-9)27-18(21-14)22-17(24)11-7-16(13(20)8-12(11)19)28(25,26)23-10-3-4-10/h2,5-8,10,23H,3-4H2,1H3,(H,21,22,24). The number of halogens is 2. The number of fused-ring (bicyclic) bond motifs is 1. The quantitative estimate of drug-likeness (QED) is 0.587. The SMILES string of the molecule is Cc1ccc2nc(NC(=O)c3cc(S(=O)(=O)NC4CC4)c(Cl)cc3Cl)sc2c1. The number of hydrogen-bond donors (Lipinski definition) is 2. The molecule has 2 N–H and O–H groups in total. The van der Waals surface area contributed by atoms with Crippen molar-refractivity contribution in [2.75, 3.05) is 5.32 Å². The predicted octanol–water partition coefficient (Wildman–Crippen LogP) is 4.60. The van der Waals surface area contributed by atoms with Gasteiger partial charge in [0.2, 0.25) is 10.0 Å². The molecule has 0 saturated heterocycles. The molecule has 1 aromatic heterocycles. The van der Waals surface area contributed by atoms with Gasteiger partial charge in [-0.05, 0) is 49.6 Å². The van der Waals surface area contributed by atoms with Gasteiger partial charge in [-0.25, -0.2) is 18.1 Å². The van der Waals surface area contributed by atoms with E-state index in [-0.39, 0.29) is 26.5 Å². The van der Waals surface area contributed by atoms with Crippen LogP contribution >= 0.6 is 34.5 Å². The Morgan fingerprint density at radius 3 is 2.64 bits per heavy atom. The van der Waals surface area contributed by atoms with Crippen molar-refractivity contribution in [3.05, 3.63) is 51.5 Å². The zero-order chi connectivity index (χ0) is 20.1. The number of carbonyl (C=O) groups is 1. The van der Waals surface area contributed by atoms with Gasteiger partial charge in [-0.1, -0.05) is 40.6 Å². The van der Waals surface area contributed by atoms with Crippen LogP contribution in [0.2, 0.25) is 10.0 Å². The summed E-state index contributed by atoms with van der Waals surface area (Å²) in [6.07, 6.45) is 1.57. The summed E-state index contributed by atoms with van der Waals surface area (Å²) < 4.78 is 28.5. The Morgan fingerprint density at radius 1 is 1.18 bits per heavy atom. The predicted molar refractivity (Wildman–Crippen MR) is 112 cm³/mol. The smallest absolute Gasteiger partial charge is 0.259 e. The van der Waals surface area contributed by atoms with Gasteiger partial charge in [0.15, 0.2) is 5.13 Å². The first-order valence-corrected chi connectivity index (χ1v) is 11.5. The van der Waals surface area contributed by atoms with Crippen molar-refractivity contribution in [2.45, 2.75) is 30.7 Å². The zero-order valence-electron chi connectivity index (χ0n) is 14.6. The van der Waals surface area contributed by atoms with Crippen LogP contribution in [0.15, 0.2) is 35.2 Å². The van der Waals surface area contributed by atoms with Gasteiger partial charge < -0.3 is 0 Å². The van der Waals surface area contributed by atoms with Crippen LogP contribution in [0.4, 0.5) is 5.13 Å². The van der Waals surface area contributed by atoms with E-state index in [1.807, 2.05) is 25.1 Å². The van der Waals surface area contributed by atoms with Crippen LogP contribution in [-0.4, -0.2) is 25.4 Å². The van der Waals surface area contributed by atoms with Crippen molar-refractivity contribution in [1.82, 2.24) is 9.71 Å². The van der Waals surface area contributed by atoms with Gasteiger partial charge in [0, 0.05) is 6.04 Å². The number of thiazole rings is 1. The van der Waals surface area contributed by atoms with Crippen LogP contribution in [0.3, 0.4) is 0 Å². The molecule has 1 aliphatic carbocycles. The van der Waals surface area contributed by atoms with Crippen molar-refractivity contribution in [2.24, 2.45) is 0 Å². The number of sulfonamides is 1. The number of benzene rings is 2. The lowest BCUT2D eigenvalue weighted by molar-refractivity contribution is 0.102. The zero-order valence-corrected chi connectivity index (χ0v) is 17.8. The second-order valence-corrected chi connectivity index (χ2v) is 10.1. The first-order valence-electron chi connectivity index (χ1n) is 8.43. The monoisotopic (exact) mass is 455 g/mol. The lowest BCUT2D eigenvalue weighted by Crippen LogP contribution is -2.26. The number of carbonyl (C=O) groups excluding carboxylic acids is 1. The topological polar surface area (TPSA) is 88.2 Å². The molecular formula is C18H15Cl2N3O3S2. The van der Waals surface area contributed by atoms with Gasteiger partial charge >= 0.3 is 0 Å². The molecule has 0 spiro atoms. The van der Waals surface area contributed by atoms with E-state index in [0.717, 1.165) is 28.6 Å².